The van der Waals surface area contributed by atoms with Crippen molar-refractivity contribution in [3.8, 4) is 0 Å². The molecule has 0 bridgehead atoms. The third kappa shape index (κ3) is 4.03. The molecule has 2 rings (SSSR count). The summed E-state index contributed by atoms with van der Waals surface area (Å²) < 4.78 is 15.2. The first-order valence-electron chi connectivity index (χ1n) is 6.39. The predicted octanol–water partition coefficient (Wildman–Crippen LogP) is 2.77. The summed E-state index contributed by atoms with van der Waals surface area (Å²) in [5.41, 5.74) is 0.602. The van der Waals surface area contributed by atoms with E-state index in [-0.39, 0.29) is 11.9 Å². The molecule has 0 fully saturated rings. The van der Waals surface area contributed by atoms with Crippen LogP contribution in [-0.2, 0) is 6.54 Å². The van der Waals surface area contributed by atoms with Gasteiger partial charge in [-0.15, -0.1) is 0 Å². The Morgan fingerprint density at radius 3 is 2.80 bits per heavy atom. The lowest BCUT2D eigenvalue weighted by molar-refractivity contribution is 0.586. The van der Waals surface area contributed by atoms with Crippen molar-refractivity contribution >= 4 is 23.1 Å². The maximum Gasteiger partial charge on any atom is 0.172 e. The minimum Gasteiger partial charge on any atom is -0.360 e. The van der Waals surface area contributed by atoms with Gasteiger partial charge in [-0.25, -0.2) is 4.39 Å². The van der Waals surface area contributed by atoms with E-state index in [0.29, 0.717) is 23.0 Å². The number of hydrogen-bond donors (Lipinski definition) is 2. The highest BCUT2D eigenvalue weighted by Gasteiger charge is 2.05. The molecule has 0 aliphatic carbocycles. The van der Waals surface area contributed by atoms with Crippen molar-refractivity contribution in [1.82, 2.24) is 15.1 Å². The lowest BCUT2D eigenvalue weighted by Gasteiger charge is -2.11. The molecule has 0 aliphatic rings. The van der Waals surface area contributed by atoms with Crippen molar-refractivity contribution < 1.29 is 4.39 Å². The van der Waals surface area contributed by atoms with Gasteiger partial charge in [0, 0.05) is 23.9 Å². The molecule has 0 amide bonds. The maximum atomic E-state index is 13.5. The highest BCUT2D eigenvalue weighted by Crippen LogP contribution is 2.10. The van der Waals surface area contributed by atoms with Gasteiger partial charge < -0.3 is 10.6 Å². The van der Waals surface area contributed by atoms with E-state index >= 15 is 0 Å². The Hall–Kier alpha value is -1.95. The summed E-state index contributed by atoms with van der Waals surface area (Å²) >= 11 is 5.14. The summed E-state index contributed by atoms with van der Waals surface area (Å²) in [6.07, 6.45) is 1.78. The molecule has 0 saturated carbocycles. The van der Waals surface area contributed by atoms with E-state index in [1.54, 1.807) is 29.1 Å². The topological polar surface area (TPSA) is 41.9 Å². The summed E-state index contributed by atoms with van der Waals surface area (Å²) in [6.45, 7) is 4.40. The first-order chi connectivity index (χ1) is 9.54. The van der Waals surface area contributed by atoms with Gasteiger partial charge in [0.15, 0.2) is 10.9 Å². The molecule has 2 N–H and O–H groups in total. The Balaban J connectivity index is 1.99. The molecule has 0 saturated heterocycles. The van der Waals surface area contributed by atoms with Crippen LogP contribution in [0.5, 0.6) is 0 Å². The van der Waals surface area contributed by atoms with Gasteiger partial charge in [0.25, 0.3) is 0 Å². The molecule has 0 atom stereocenters. The fourth-order valence-corrected chi connectivity index (χ4v) is 2.07. The molecular weight excluding hydrogens is 275 g/mol. The number of nitrogens with one attached hydrogen (secondary N) is 2. The van der Waals surface area contributed by atoms with E-state index in [9.17, 15) is 4.39 Å². The molecule has 1 heterocycles. The zero-order valence-electron chi connectivity index (χ0n) is 11.4. The molecule has 4 nitrogen and oxygen atoms in total. The van der Waals surface area contributed by atoms with Crippen LogP contribution >= 0.6 is 12.2 Å². The van der Waals surface area contributed by atoms with Crippen LogP contribution in [0.25, 0.3) is 0 Å². The molecule has 1 aromatic carbocycles. The van der Waals surface area contributed by atoms with E-state index in [1.807, 2.05) is 19.9 Å². The molecule has 0 radical (unpaired) electrons. The van der Waals surface area contributed by atoms with Gasteiger partial charge in [-0.05, 0) is 32.1 Å². The largest absolute Gasteiger partial charge is 0.360 e. The van der Waals surface area contributed by atoms with E-state index in [0.717, 1.165) is 0 Å². The highest BCUT2D eigenvalue weighted by atomic mass is 32.1. The highest BCUT2D eigenvalue weighted by molar-refractivity contribution is 7.80. The summed E-state index contributed by atoms with van der Waals surface area (Å²) in [5.74, 6) is 0.411. The van der Waals surface area contributed by atoms with Crippen LogP contribution in [0, 0.1) is 5.82 Å². The Morgan fingerprint density at radius 2 is 2.10 bits per heavy atom. The monoisotopic (exact) mass is 292 g/mol. The number of anilines is 1. The van der Waals surface area contributed by atoms with Gasteiger partial charge in [-0.1, -0.05) is 18.2 Å². The molecular formula is C14H17FN4S. The predicted molar refractivity (Wildman–Crippen MR) is 82.2 cm³/mol. The molecule has 0 aliphatic heterocycles. The van der Waals surface area contributed by atoms with Crippen molar-refractivity contribution in [1.29, 1.82) is 0 Å². The number of thiocarbonyl (C=S) groups is 1. The SMILES string of the molecule is CC(C)NC(=S)Nc1ccn(Cc2ccccc2F)n1. The van der Waals surface area contributed by atoms with Crippen LogP contribution < -0.4 is 10.6 Å². The second-order valence-corrected chi connectivity index (χ2v) is 5.15. The average molecular weight is 292 g/mol. The molecule has 0 unspecified atom stereocenters. The van der Waals surface area contributed by atoms with Crippen molar-refractivity contribution in [2.45, 2.75) is 26.4 Å². The summed E-state index contributed by atoms with van der Waals surface area (Å²) in [4.78, 5) is 0. The van der Waals surface area contributed by atoms with Crippen LogP contribution in [0.2, 0.25) is 0 Å². The van der Waals surface area contributed by atoms with Gasteiger partial charge in [0.1, 0.15) is 5.82 Å². The van der Waals surface area contributed by atoms with Crippen molar-refractivity contribution in [2.24, 2.45) is 0 Å². The van der Waals surface area contributed by atoms with E-state index in [1.165, 1.54) is 6.07 Å². The number of halogens is 1. The summed E-state index contributed by atoms with van der Waals surface area (Å²) in [6, 6.07) is 8.73. The average Bonchev–Trinajstić information content (AvgIpc) is 2.78. The molecule has 106 valence electrons. The normalized spacial score (nSPS) is 10.6. The van der Waals surface area contributed by atoms with Gasteiger partial charge in [0.2, 0.25) is 0 Å². The second-order valence-electron chi connectivity index (χ2n) is 4.74. The minimum atomic E-state index is -0.227. The molecule has 20 heavy (non-hydrogen) atoms. The van der Waals surface area contributed by atoms with Crippen molar-refractivity contribution in [2.75, 3.05) is 5.32 Å². The van der Waals surface area contributed by atoms with E-state index in [2.05, 4.69) is 15.7 Å². The minimum absolute atomic E-state index is 0.227. The zero-order valence-corrected chi connectivity index (χ0v) is 12.2. The first-order valence-corrected chi connectivity index (χ1v) is 6.80. The summed E-state index contributed by atoms with van der Waals surface area (Å²) in [5, 5.41) is 10.9. The van der Waals surface area contributed by atoms with Crippen LogP contribution in [0.1, 0.15) is 19.4 Å². The Bertz CT molecular complexity index is 594. The fourth-order valence-electron chi connectivity index (χ4n) is 1.73. The first kappa shape index (κ1) is 14.5. The van der Waals surface area contributed by atoms with Crippen molar-refractivity contribution in [3.63, 3.8) is 0 Å². The lowest BCUT2D eigenvalue weighted by atomic mass is 10.2. The van der Waals surface area contributed by atoms with Crippen LogP contribution in [0.15, 0.2) is 36.5 Å². The van der Waals surface area contributed by atoms with Gasteiger partial charge in [-0.3, -0.25) is 4.68 Å². The standard InChI is InChI=1S/C14H17FN4S/c1-10(2)16-14(20)17-13-7-8-19(18-13)9-11-5-3-4-6-12(11)15/h3-8,10H,9H2,1-2H3,(H2,16,17,18,20). The zero-order chi connectivity index (χ0) is 14.5. The van der Waals surface area contributed by atoms with Crippen LogP contribution in [0.4, 0.5) is 10.2 Å². The molecule has 2 aromatic rings. The Morgan fingerprint density at radius 1 is 1.35 bits per heavy atom. The van der Waals surface area contributed by atoms with Crippen LogP contribution in [0.3, 0.4) is 0 Å². The quantitative estimate of drug-likeness (QED) is 0.850. The third-order valence-corrected chi connectivity index (χ3v) is 2.81. The van der Waals surface area contributed by atoms with E-state index in [4.69, 9.17) is 12.2 Å². The van der Waals surface area contributed by atoms with Gasteiger partial charge in [0.05, 0.1) is 6.54 Å². The van der Waals surface area contributed by atoms with Crippen LogP contribution in [-0.4, -0.2) is 20.9 Å². The fraction of sp³-hybridized carbons (Fsp3) is 0.286. The number of benzene rings is 1. The van der Waals surface area contributed by atoms with E-state index < -0.39 is 0 Å². The molecule has 6 heteroatoms. The number of nitrogens with zero attached hydrogens (tertiary/aromatic N) is 2. The maximum absolute atomic E-state index is 13.5. The molecule has 1 aromatic heterocycles. The Labute approximate surface area is 123 Å². The number of hydrogen-bond acceptors (Lipinski definition) is 2. The van der Waals surface area contributed by atoms with Crippen molar-refractivity contribution in [3.05, 3.63) is 47.9 Å². The third-order valence-electron chi connectivity index (χ3n) is 2.59. The van der Waals surface area contributed by atoms with Gasteiger partial charge >= 0.3 is 0 Å². The number of rotatable bonds is 4. The lowest BCUT2D eigenvalue weighted by Crippen LogP contribution is -2.34. The molecule has 0 spiro atoms. The Kier molecular flexibility index (Phi) is 4.68. The van der Waals surface area contributed by atoms with Gasteiger partial charge in [-0.2, -0.15) is 5.10 Å². The second kappa shape index (κ2) is 6.47. The summed E-state index contributed by atoms with van der Waals surface area (Å²) in [7, 11) is 0. The number of aromatic nitrogens is 2. The smallest absolute Gasteiger partial charge is 0.172 e.